The maximum absolute atomic E-state index is 5.75. The monoisotopic (exact) mass is 207 g/mol. The summed E-state index contributed by atoms with van der Waals surface area (Å²) in [4.78, 5) is 4.53. The molecule has 0 aliphatic carbocycles. The maximum atomic E-state index is 5.75. The zero-order valence-corrected chi connectivity index (χ0v) is 9.74. The van der Waals surface area contributed by atoms with Gasteiger partial charge in [0.1, 0.15) is 5.82 Å². The highest BCUT2D eigenvalue weighted by Gasteiger charge is 2.20. The van der Waals surface area contributed by atoms with Crippen molar-refractivity contribution in [1.29, 1.82) is 0 Å². The number of aromatic nitrogens is 2. The van der Waals surface area contributed by atoms with Gasteiger partial charge in [0.15, 0.2) is 0 Å². The summed E-state index contributed by atoms with van der Waals surface area (Å²) in [6, 6.07) is 0. The number of rotatable bonds is 3. The average Bonchev–Trinajstić information content (AvgIpc) is 2.60. The number of nitrogens with zero attached hydrogens (tertiary/aromatic N) is 2. The van der Waals surface area contributed by atoms with Crippen LogP contribution in [0.15, 0.2) is 6.20 Å². The first-order valence-electron chi connectivity index (χ1n) is 5.94. The van der Waals surface area contributed by atoms with Crippen LogP contribution in [-0.4, -0.2) is 16.1 Å². The Kier molecular flexibility index (Phi) is 3.10. The van der Waals surface area contributed by atoms with Crippen LogP contribution in [0.3, 0.4) is 0 Å². The van der Waals surface area contributed by atoms with E-state index in [0.29, 0.717) is 11.8 Å². The molecular formula is C12H21N3. The topological polar surface area (TPSA) is 43.8 Å². The van der Waals surface area contributed by atoms with Gasteiger partial charge in [-0.1, -0.05) is 13.8 Å². The van der Waals surface area contributed by atoms with Crippen LogP contribution in [0.5, 0.6) is 0 Å². The Morgan fingerprint density at radius 2 is 2.40 bits per heavy atom. The fraction of sp³-hybridized carbons (Fsp3) is 0.750. The molecule has 1 aromatic heterocycles. The molecule has 3 nitrogen and oxygen atoms in total. The van der Waals surface area contributed by atoms with Crippen molar-refractivity contribution < 1.29 is 0 Å². The Hall–Kier alpha value is -0.830. The van der Waals surface area contributed by atoms with E-state index in [1.165, 1.54) is 17.9 Å². The summed E-state index contributed by atoms with van der Waals surface area (Å²) in [6.07, 6.45) is 5.50. The third kappa shape index (κ3) is 2.23. The highest BCUT2D eigenvalue weighted by molar-refractivity contribution is 5.09. The van der Waals surface area contributed by atoms with E-state index in [9.17, 15) is 0 Å². The Balaban J connectivity index is 2.18. The zero-order chi connectivity index (χ0) is 10.8. The number of hydrogen-bond donors (Lipinski definition) is 1. The number of fused-ring (bicyclic) bond motifs is 1. The first-order valence-corrected chi connectivity index (χ1v) is 5.94. The molecule has 0 radical (unpaired) electrons. The number of aryl methyl sites for hydroxylation is 1. The molecule has 1 aliphatic heterocycles. The molecule has 0 amide bonds. The first-order chi connectivity index (χ1) is 7.20. The van der Waals surface area contributed by atoms with Crippen molar-refractivity contribution in [3.63, 3.8) is 0 Å². The van der Waals surface area contributed by atoms with Gasteiger partial charge in [0.05, 0.1) is 0 Å². The molecule has 0 bridgehead atoms. The summed E-state index contributed by atoms with van der Waals surface area (Å²) in [5, 5.41) is 0. The van der Waals surface area contributed by atoms with Gasteiger partial charge in [0.25, 0.3) is 0 Å². The quantitative estimate of drug-likeness (QED) is 0.818. The third-order valence-corrected chi connectivity index (χ3v) is 3.19. The molecule has 2 rings (SSSR count). The average molecular weight is 207 g/mol. The molecule has 0 saturated heterocycles. The fourth-order valence-corrected chi connectivity index (χ4v) is 2.30. The van der Waals surface area contributed by atoms with Crippen molar-refractivity contribution >= 4 is 0 Å². The van der Waals surface area contributed by atoms with E-state index >= 15 is 0 Å². The Labute approximate surface area is 91.7 Å². The molecule has 1 aliphatic rings. The maximum Gasteiger partial charge on any atom is 0.109 e. The van der Waals surface area contributed by atoms with Crippen LogP contribution >= 0.6 is 0 Å². The lowest BCUT2D eigenvalue weighted by Gasteiger charge is -2.24. The summed E-state index contributed by atoms with van der Waals surface area (Å²) in [5.74, 6) is 2.57. The first kappa shape index (κ1) is 10.7. The lowest BCUT2D eigenvalue weighted by molar-refractivity contribution is 0.367. The normalized spacial score (nSPS) is 20.7. The Bertz CT molecular complexity index is 328. The highest BCUT2D eigenvalue weighted by atomic mass is 15.1. The third-order valence-electron chi connectivity index (χ3n) is 3.19. The second kappa shape index (κ2) is 4.35. The summed E-state index contributed by atoms with van der Waals surface area (Å²) in [5.41, 5.74) is 7.15. The largest absolute Gasteiger partial charge is 0.332 e. The van der Waals surface area contributed by atoms with Crippen LogP contribution in [0.2, 0.25) is 0 Å². The fourth-order valence-electron chi connectivity index (χ4n) is 2.30. The van der Waals surface area contributed by atoms with Crippen LogP contribution < -0.4 is 5.73 Å². The summed E-state index contributed by atoms with van der Waals surface area (Å²) in [6.45, 7) is 6.36. The van der Waals surface area contributed by atoms with Crippen molar-refractivity contribution in [3.8, 4) is 0 Å². The number of imidazole rings is 1. The Morgan fingerprint density at radius 3 is 3.07 bits per heavy atom. The predicted octanol–water partition coefficient (Wildman–Crippen LogP) is 1.60. The number of nitrogens with two attached hydrogens (primary N) is 1. The van der Waals surface area contributed by atoms with E-state index in [1.807, 2.05) is 6.20 Å². The highest BCUT2D eigenvalue weighted by Crippen LogP contribution is 2.22. The molecule has 1 aromatic rings. The summed E-state index contributed by atoms with van der Waals surface area (Å²) >= 11 is 0. The molecule has 0 saturated carbocycles. The molecule has 0 aromatic carbocycles. The minimum absolute atomic E-state index is 0.651. The molecule has 2 heterocycles. The van der Waals surface area contributed by atoms with E-state index in [2.05, 4.69) is 23.4 Å². The second-order valence-corrected chi connectivity index (χ2v) is 5.01. The SMILES string of the molecule is CC(C)Cc1ncc2n1CC(CN)CC2. The van der Waals surface area contributed by atoms with Crippen LogP contribution in [0.25, 0.3) is 0 Å². The van der Waals surface area contributed by atoms with E-state index in [-0.39, 0.29) is 0 Å². The van der Waals surface area contributed by atoms with Gasteiger partial charge in [0, 0.05) is 24.9 Å². The predicted molar refractivity (Wildman–Crippen MR) is 61.6 cm³/mol. The van der Waals surface area contributed by atoms with Gasteiger partial charge in [-0.3, -0.25) is 0 Å². The lowest BCUT2D eigenvalue weighted by Crippen LogP contribution is -2.27. The van der Waals surface area contributed by atoms with E-state index in [4.69, 9.17) is 5.73 Å². The minimum atomic E-state index is 0.651. The van der Waals surface area contributed by atoms with Crippen LogP contribution in [0, 0.1) is 11.8 Å². The van der Waals surface area contributed by atoms with Crippen molar-refractivity contribution in [1.82, 2.24) is 9.55 Å². The molecule has 1 atom stereocenters. The van der Waals surface area contributed by atoms with Crippen LogP contribution in [-0.2, 0) is 19.4 Å². The molecular weight excluding hydrogens is 186 g/mol. The number of hydrogen-bond acceptors (Lipinski definition) is 2. The molecule has 1 unspecified atom stereocenters. The molecule has 84 valence electrons. The molecule has 0 fully saturated rings. The van der Waals surface area contributed by atoms with Crippen molar-refractivity contribution in [2.75, 3.05) is 6.54 Å². The second-order valence-electron chi connectivity index (χ2n) is 5.01. The lowest BCUT2D eigenvalue weighted by atomic mass is 9.98. The Morgan fingerprint density at radius 1 is 1.60 bits per heavy atom. The van der Waals surface area contributed by atoms with Crippen molar-refractivity contribution in [2.24, 2.45) is 17.6 Å². The van der Waals surface area contributed by atoms with Crippen LogP contribution in [0.4, 0.5) is 0 Å². The van der Waals surface area contributed by atoms with Gasteiger partial charge in [-0.2, -0.15) is 0 Å². The van der Waals surface area contributed by atoms with Gasteiger partial charge in [-0.25, -0.2) is 4.98 Å². The smallest absolute Gasteiger partial charge is 0.109 e. The zero-order valence-electron chi connectivity index (χ0n) is 9.74. The van der Waals surface area contributed by atoms with Gasteiger partial charge in [-0.05, 0) is 31.2 Å². The van der Waals surface area contributed by atoms with E-state index in [1.54, 1.807) is 0 Å². The molecule has 3 heteroatoms. The van der Waals surface area contributed by atoms with Crippen molar-refractivity contribution in [2.45, 2.75) is 39.7 Å². The molecule has 0 spiro atoms. The van der Waals surface area contributed by atoms with Gasteiger partial charge >= 0.3 is 0 Å². The summed E-state index contributed by atoms with van der Waals surface area (Å²) in [7, 11) is 0. The van der Waals surface area contributed by atoms with Gasteiger partial charge in [0.2, 0.25) is 0 Å². The molecule has 2 N–H and O–H groups in total. The minimum Gasteiger partial charge on any atom is -0.332 e. The van der Waals surface area contributed by atoms with Gasteiger partial charge in [-0.15, -0.1) is 0 Å². The summed E-state index contributed by atoms with van der Waals surface area (Å²) < 4.78 is 2.39. The van der Waals surface area contributed by atoms with E-state index < -0.39 is 0 Å². The van der Waals surface area contributed by atoms with Gasteiger partial charge < -0.3 is 10.3 Å². The van der Waals surface area contributed by atoms with Crippen LogP contribution in [0.1, 0.15) is 31.8 Å². The van der Waals surface area contributed by atoms with E-state index in [0.717, 1.165) is 25.9 Å². The standard InChI is InChI=1S/C12H21N3/c1-9(2)5-12-14-7-11-4-3-10(6-13)8-15(11)12/h7,9-10H,3-6,8,13H2,1-2H3. The van der Waals surface area contributed by atoms with Crippen molar-refractivity contribution in [3.05, 3.63) is 17.7 Å². The molecule has 15 heavy (non-hydrogen) atoms.